The first-order valence-electron chi connectivity index (χ1n) is 8.60. The van der Waals surface area contributed by atoms with Gasteiger partial charge in [-0.3, -0.25) is 9.88 Å². The number of aromatic nitrogens is 2. The Balaban J connectivity index is 1.39. The van der Waals surface area contributed by atoms with E-state index in [2.05, 4.69) is 21.9 Å². The highest BCUT2D eigenvalue weighted by Crippen LogP contribution is 2.56. The van der Waals surface area contributed by atoms with Crippen LogP contribution in [0.15, 0.2) is 34.9 Å². The summed E-state index contributed by atoms with van der Waals surface area (Å²) in [4.78, 5) is 10.3. The van der Waals surface area contributed by atoms with Crippen molar-refractivity contribution in [3.8, 4) is 0 Å². The van der Waals surface area contributed by atoms with Crippen LogP contribution in [-0.4, -0.2) is 53.8 Å². The molecule has 2 aliphatic rings. The standard InChI is InChI=1S/C17H21FN4O2S2/c1-21(12-16-20-4-7-25-16)15-9-17(15)2-5-22(6-3-17)26(23,24)14-8-13(18)10-19-11-14/h4,7-8,10-11,15H,2-3,5-6,9,12H2,1H3/t15-/m1/s1. The van der Waals surface area contributed by atoms with Crippen molar-refractivity contribution in [2.75, 3.05) is 20.1 Å². The highest BCUT2D eigenvalue weighted by atomic mass is 32.2. The number of halogens is 1. The van der Waals surface area contributed by atoms with Crippen molar-refractivity contribution >= 4 is 21.4 Å². The fraction of sp³-hybridized carbons (Fsp3) is 0.529. The van der Waals surface area contributed by atoms with Crippen LogP contribution in [0, 0.1) is 11.2 Å². The number of thiazole rings is 1. The summed E-state index contributed by atoms with van der Waals surface area (Å²) in [7, 11) is -1.56. The molecule has 1 spiro atoms. The van der Waals surface area contributed by atoms with Gasteiger partial charge in [-0.2, -0.15) is 4.31 Å². The lowest BCUT2D eigenvalue weighted by Crippen LogP contribution is -2.41. The molecule has 2 aromatic heterocycles. The number of sulfonamides is 1. The van der Waals surface area contributed by atoms with E-state index in [-0.39, 0.29) is 10.3 Å². The SMILES string of the molecule is CN(Cc1nccs1)[C@@H]1CC12CCN(S(=O)(=O)c1cncc(F)c1)CC2. The van der Waals surface area contributed by atoms with Crippen LogP contribution in [0.2, 0.25) is 0 Å². The highest BCUT2D eigenvalue weighted by molar-refractivity contribution is 7.89. The van der Waals surface area contributed by atoms with Crippen LogP contribution in [0.25, 0.3) is 0 Å². The molecule has 1 aliphatic carbocycles. The van der Waals surface area contributed by atoms with E-state index in [0.717, 1.165) is 43.1 Å². The molecule has 26 heavy (non-hydrogen) atoms. The summed E-state index contributed by atoms with van der Waals surface area (Å²) in [6.45, 7) is 1.78. The van der Waals surface area contributed by atoms with Gasteiger partial charge in [0.2, 0.25) is 10.0 Å². The molecule has 2 fully saturated rings. The molecular formula is C17H21FN4O2S2. The zero-order valence-electron chi connectivity index (χ0n) is 14.5. The Hall–Kier alpha value is -1.42. The van der Waals surface area contributed by atoms with Crippen molar-refractivity contribution in [2.45, 2.75) is 36.7 Å². The van der Waals surface area contributed by atoms with Crippen molar-refractivity contribution < 1.29 is 12.8 Å². The predicted molar refractivity (Wildman–Crippen MR) is 96.6 cm³/mol. The molecule has 1 atom stereocenters. The average Bonchev–Trinajstić information content (AvgIpc) is 3.07. The smallest absolute Gasteiger partial charge is 0.244 e. The van der Waals surface area contributed by atoms with E-state index in [9.17, 15) is 12.8 Å². The Bertz CT molecular complexity index is 880. The van der Waals surface area contributed by atoms with Gasteiger partial charge in [0.05, 0.1) is 12.7 Å². The second-order valence-corrected chi connectivity index (χ2v) is 10.1. The van der Waals surface area contributed by atoms with E-state index in [1.807, 2.05) is 11.6 Å². The van der Waals surface area contributed by atoms with Crippen LogP contribution in [0.3, 0.4) is 0 Å². The van der Waals surface area contributed by atoms with E-state index < -0.39 is 15.8 Å². The maximum absolute atomic E-state index is 13.3. The van der Waals surface area contributed by atoms with Gasteiger partial charge in [0.1, 0.15) is 15.7 Å². The maximum atomic E-state index is 13.3. The monoisotopic (exact) mass is 396 g/mol. The molecular weight excluding hydrogens is 375 g/mol. The molecule has 1 saturated carbocycles. The van der Waals surface area contributed by atoms with Crippen LogP contribution in [-0.2, 0) is 16.6 Å². The molecule has 9 heteroatoms. The summed E-state index contributed by atoms with van der Waals surface area (Å²) in [6, 6.07) is 1.51. The van der Waals surface area contributed by atoms with Gasteiger partial charge in [-0.1, -0.05) is 0 Å². The first-order valence-corrected chi connectivity index (χ1v) is 10.9. The number of rotatable bonds is 5. The third kappa shape index (κ3) is 3.28. The summed E-state index contributed by atoms with van der Waals surface area (Å²) >= 11 is 1.66. The summed E-state index contributed by atoms with van der Waals surface area (Å²) in [5.74, 6) is -0.634. The largest absolute Gasteiger partial charge is 0.296 e. The lowest BCUT2D eigenvalue weighted by Gasteiger charge is -2.33. The minimum atomic E-state index is -3.68. The van der Waals surface area contributed by atoms with Crippen LogP contribution in [0.5, 0.6) is 0 Å². The second kappa shape index (κ2) is 6.63. The maximum Gasteiger partial charge on any atom is 0.244 e. The van der Waals surface area contributed by atoms with Gasteiger partial charge in [-0.15, -0.1) is 11.3 Å². The number of pyridine rings is 1. The Labute approximate surface area is 156 Å². The van der Waals surface area contributed by atoms with Crippen LogP contribution in [0.1, 0.15) is 24.3 Å². The Morgan fingerprint density at radius 1 is 1.38 bits per heavy atom. The highest BCUT2D eigenvalue weighted by Gasteiger charge is 2.57. The molecule has 0 aromatic carbocycles. The molecule has 1 saturated heterocycles. The van der Waals surface area contributed by atoms with Gasteiger partial charge < -0.3 is 0 Å². The summed E-state index contributed by atoms with van der Waals surface area (Å²) in [5.41, 5.74) is 0.207. The third-order valence-electron chi connectivity index (χ3n) is 5.58. The van der Waals surface area contributed by atoms with E-state index in [1.165, 1.54) is 10.5 Å². The third-order valence-corrected chi connectivity index (χ3v) is 8.21. The molecule has 140 valence electrons. The quantitative estimate of drug-likeness (QED) is 0.776. The van der Waals surface area contributed by atoms with Gasteiger partial charge >= 0.3 is 0 Å². The van der Waals surface area contributed by atoms with Crippen molar-refractivity contribution in [3.63, 3.8) is 0 Å². The van der Waals surface area contributed by atoms with Crippen molar-refractivity contribution in [3.05, 3.63) is 40.9 Å². The van der Waals surface area contributed by atoms with E-state index in [4.69, 9.17) is 0 Å². The van der Waals surface area contributed by atoms with Crippen molar-refractivity contribution in [1.29, 1.82) is 0 Å². The molecule has 4 rings (SSSR count). The lowest BCUT2D eigenvalue weighted by atomic mass is 9.93. The topological polar surface area (TPSA) is 66.4 Å². The van der Waals surface area contributed by atoms with Crippen molar-refractivity contribution in [2.24, 2.45) is 5.41 Å². The van der Waals surface area contributed by atoms with Gasteiger partial charge in [0.15, 0.2) is 0 Å². The van der Waals surface area contributed by atoms with Crippen LogP contribution < -0.4 is 0 Å². The fourth-order valence-electron chi connectivity index (χ4n) is 4.00. The minimum Gasteiger partial charge on any atom is -0.296 e. The number of piperidine rings is 1. The molecule has 0 N–H and O–H groups in total. The molecule has 0 amide bonds. The predicted octanol–water partition coefficient (Wildman–Crippen LogP) is 2.35. The lowest BCUT2D eigenvalue weighted by molar-refractivity contribution is 0.196. The van der Waals surface area contributed by atoms with Crippen molar-refractivity contribution in [1.82, 2.24) is 19.2 Å². The molecule has 3 heterocycles. The minimum absolute atomic E-state index is 0.0679. The van der Waals surface area contributed by atoms with Gasteiger partial charge in [-0.05, 0) is 37.8 Å². The van der Waals surface area contributed by atoms with E-state index >= 15 is 0 Å². The van der Waals surface area contributed by atoms with E-state index in [1.54, 1.807) is 11.3 Å². The van der Waals surface area contributed by atoms with Gasteiger partial charge in [0.25, 0.3) is 0 Å². The molecule has 2 aromatic rings. The Morgan fingerprint density at radius 3 is 2.81 bits per heavy atom. The first-order chi connectivity index (χ1) is 12.4. The van der Waals surface area contributed by atoms with E-state index in [0.29, 0.717) is 19.1 Å². The molecule has 1 aliphatic heterocycles. The first kappa shape index (κ1) is 18.0. The summed E-state index contributed by atoms with van der Waals surface area (Å²) in [5, 5.41) is 3.09. The summed E-state index contributed by atoms with van der Waals surface area (Å²) in [6.07, 6.45) is 6.82. The molecule has 0 radical (unpaired) electrons. The zero-order chi connectivity index (χ0) is 18.4. The fourth-order valence-corrected chi connectivity index (χ4v) is 6.09. The number of hydrogen-bond donors (Lipinski definition) is 0. The normalized spacial score (nSPS) is 22.8. The molecule has 0 bridgehead atoms. The molecule has 0 unspecified atom stereocenters. The molecule has 6 nitrogen and oxygen atoms in total. The zero-order valence-corrected chi connectivity index (χ0v) is 16.1. The Kier molecular flexibility index (Phi) is 4.58. The number of nitrogens with zero attached hydrogens (tertiary/aromatic N) is 4. The van der Waals surface area contributed by atoms with Crippen LogP contribution >= 0.6 is 11.3 Å². The second-order valence-electron chi connectivity index (χ2n) is 7.17. The van der Waals surface area contributed by atoms with Gasteiger partial charge in [0, 0.05) is 36.9 Å². The Morgan fingerprint density at radius 2 is 2.15 bits per heavy atom. The summed E-state index contributed by atoms with van der Waals surface area (Å²) < 4.78 is 40.2. The average molecular weight is 397 g/mol. The van der Waals surface area contributed by atoms with Crippen LogP contribution in [0.4, 0.5) is 4.39 Å². The number of hydrogen-bond acceptors (Lipinski definition) is 6. The van der Waals surface area contributed by atoms with Gasteiger partial charge in [-0.25, -0.2) is 17.8 Å².